The highest BCUT2D eigenvalue weighted by Crippen LogP contribution is 2.36. The molecule has 9 heteroatoms. The summed E-state index contributed by atoms with van der Waals surface area (Å²) in [5, 5.41) is 13.7. The molecule has 0 aromatic carbocycles. The maximum Gasteiger partial charge on any atom is 0.239 e. The molecule has 120 valence electrons. The molecule has 0 aliphatic heterocycles. The van der Waals surface area contributed by atoms with E-state index < -0.39 is 15.7 Å². The van der Waals surface area contributed by atoms with Crippen LogP contribution in [-0.2, 0) is 10.0 Å². The molecule has 0 spiro atoms. The van der Waals surface area contributed by atoms with Gasteiger partial charge in [-0.15, -0.1) is 0 Å². The molecule has 22 heavy (non-hydrogen) atoms. The predicted octanol–water partition coefficient (Wildman–Crippen LogP) is 2.18. The Morgan fingerprint density at radius 1 is 1.55 bits per heavy atom. The molecule has 1 aliphatic carbocycles. The van der Waals surface area contributed by atoms with Gasteiger partial charge < -0.3 is 4.74 Å². The van der Waals surface area contributed by atoms with Gasteiger partial charge in [-0.1, -0.05) is 11.6 Å². The Bertz CT molecular complexity index is 697. The lowest BCUT2D eigenvalue weighted by atomic mass is 9.81. The zero-order chi connectivity index (χ0) is 16.4. The first-order valence-electron chi connectivity index (χ1n) is 6.63. The van der Waals surface area contributed by atoms with E-state index in [1.54, 1.807) is 0 Å². The molecule has 2 rings (SSSR count). The second kappa shape index (κ2) is 6.36. The molecule has 0 unspecified atom stereocenters. The van der Waals surface area contributed by atoms with Crippen molar-refractivity contribution in [2.45, 2.75) is 36.2 Å². The van der Waals surface area contributed by atoms with Crippen molar-refractivity contribution in [2.75, 3.05) is 6.61 Å². The number of hydrogen-bond donors (Lipinski definition) is 1. The summed E-state index contributed by atoms with van der Waals surface area (Å²) in [4.78, 5) is 3.52. The van der Waals surface area contributed by atoms with Gasteiger partial charge in [0.2, 0.25) is 15.9 Å². The molecular formula is C13H15ClFN3O3S. The number of rotatable bonds is 4. The summed E-state index contributed by atoms with van der Waals surface area (Å²) in [7, 11) is -3.91. The van der Waals surface area contributed by atoms with Crippen molar-refractivity contribution in [3.63, 3.8) is 0 Å². The summed E-state index contributed by atoms with van der Waals surface area (Å²) in [6.45, 7) is -0.243. The van der Waals surface area contributed by atoms with Crippen LogP contribution in [-0.4, -0.2) is 25.7 Å². The van der Waals surface area contributed by atoms with Gasteiger partial charge in [-0.3, -0.25) is 0 Å². The van der Waals surface area contributed by atoms with Gasteiger partial charge in [0.1, 0.15) is 22.2 Å². The second-order valence-electron chi connectivity index (χ2n) is 5.35. The summed E-state index contributed by atoms with van der Waals surface area (Å²) < 4.78 is 42.2. The van der Waals surface area contributed by atoms with Crippen LogP contribution in [0.2, 0.25) is 5.02 Å². The van der Waals surface area contributed by atoms with Crippen LogP contribution >= 0.6 is 11.6 Å². The Kier molecular flexibility index (Phi) is 4.90. The number of halogens is 2. The first kappa shape index (κ1) is 16.9. The number of nitriles is 1. The largest absolute Gasteiger partial charge is 0.473 e. The highest BCUT2D eigenvalue weighted by atomic mass is 35.5. The number of aromatic nitrogens is 1. The van der Waals surface area contributed by atoms with Gasteiger partial charge >= 0.3 is 0 Å². The maximum atomic E-state index is 14.5. The monoisotopic (exact) mass is 347 g/mol. The highest BCUT2D eigenvalue weighted by molar-refractivity contribution is 7.89. The lowest BCUT2D eigenvalue weighted by Crippen LogP contribution is -2.35. The minimum Gasteiger partial charge on any atom is -0.473 e. The summed E-state index contributed by atoms with van der Waals surface area (Å²) in [6, 6.07) is 3.24. The van der Waals surface area contributed by atoms with Gasteiger partial charge in [-0.2, -0.15) is 5.26 Å². The van der Waals surface area contributed by atoms with Crippen LogP contribution in [0.25, 0.3) is 0 Å². The van der Waals surface area contributed by atoms with Crippen molar-refractivity contribution >= 4 is 21.6 Å². The van der Waals surface area contributed by atoms with E-state index >= 15 is 0 Å². The number of alkyl halides is 1. The van der Waals surface area contributed by atoms with Gasteiger partial charge in [0.05, 0.1) is 12.3 Å². The second-order valence-corrected chi connectivity index (χ2v) is 7.31. The quantitative estimate of drug-likeness (QED) is 0.898. The van der Waals surface area contributed by atoms with Gasteiger partial charge in [0, 0.05) is 5.92 Å². The standard InChI is InChI=1S/C13H15ClFN3O3S/c14-11-5-10(22(17,19)20)7-18-12(11)21-8-13(15)3-1-9(6-16)2-4-13/h5,7,9H,1-4,8H2,(H2,17,19,20). The highest BCUT2D eigenvalue weighted by Gasteiger charge is 2.36. The molecule has 0 radical (unpaired) electrons. The number of nitrogens with zero attached hydrogens (tertiary/aromatic N) is 2. The van der Waals surface area contributed by atoms with Crippen LogP contribution in [0.4, 0.5) is 4.39 Å². The molecule has 1 aromatic rings. The number of primary sulfonamides is 1. The number of hydrogen-bond acceptors (Lipinski definition) is 5. The van der Waals surface area contributed by atoms with Crippen molar-refractivity contribution < 1.29 is 17.5 Å². The van der Waals surface area contributed by atoms with Gasteiger partial charge in [-0.05, 0) is 31.7 Å². The van der Waals surface area contributed by atoms with Gasteiger partial charge in [0.25, 0.3) is 0 Å². The summed E-state index contributed by atoms with van der Waals surface area (Å²) in [5.41, 5.74) is -1.53. The van der Waals surface area contributed by atoms with Crippen molar-refractivity contribution in [1.82, 2.24) is 4.98 Å². The van der Waals surface area contributed by atoms with E-state index in [1.165, 1.54) is 0 Å². The fourth-order valence-corrected chi connectivity index (χ4v) is 3.04. The minimum absolute atomic E-state index is 0.0477. The molecule has 1 heterocycles. The van der Waals surface area contributed by atoms with Crippen molar-refractivity contribution in [2.24, 2.45) is 11.1 Å². The molecule has 1 aromatic heterocycles. The molecule has 2 N–H and O–H groups in total. The zero-order valence-electron chi connectivity index (χ0n) is 11.6. The van der Waals surface area contributed by atoms with E-state index in [0.717, 1.165) is 12.3 Å². The number of sulfonamides is 1. The molecule has 1 saturated carbocycles. The van der Waals surface area contributed by atoms with Crippen LogP contribution in [0, 0.1) is 17.2 Å². The molecule has 1 aliphatic rings. The Labute approximate surface area is 133 Å². The van der Waals surface area contributed by atoms with Crippen LogP contribution in [0.1, 0.15) is 25.7 Å². The van der Waals surface area contributed by atoms with Gasteiger partial charge in [0.15, 0.2) is 0 Å². The smallest absolute Gasteiger partial charge is 0.239 e. The first-order chi connectivity index (χ1) is 10.2. The van der Waals surface area contributed by atoms with E-state index in [2.05, 4.69) is 11.1 Å². The Balaban J connectivity index is 2.02. The van der Waals surface area contributed by atoms with Crippen molar-refractivity contribution in [3.05, 3.63) is 17.3 Å². The molecule has 0 atom stereocenters. The molecule has 6 nitrogen and oxygen atoms in total. The Morgan fingerprint density at radius 2 is 2.18 bits per heavy atom. The van der Waals surface area contributed by atoms with Crippen LogP contribution in [0.15, 0.2) is 17.2 Å². The maximum absolute atomic E-state index is 14.5. The average Bonchev–Trinajstić information content (AvgIpc) is 2.46. The van der Waals surface area contributed by atoms with E-state index in [4.69, 9.17) is 26.7 Å². The average molecular weight is 348 g/mol. The fraction of sp³-hybridized carbons (Fsp3) is 0.538. The number of nitrogens with two attached hydrogens (primary N) is 1. The van der Waals surface area contributed by atoms with E-state index in [-0.39, 0.29) is 41.2 Å². The molecule has 0 saturated heterocycles. The Morgan fingerprint density at radius 3 is 2.68 bits per heavy atom. The first-order valence-corrected chi connectivity index (χ1v) is 8.56. The topological polar surface area (TPSA) is 106 Å². The third-order valence-electron chi connectivity index (χ3n) is 3.64. The lowest BCUT2D eigenvalue weighted by Gasteiger charge is -2.31. The minimum atomic E-state index is -3.91. The van der Waals surface area contributed by atoms with E-state index in [1.807, 2.05) is 0 Å². The van der Waals surface area contributed by atoms with Crippen LogP contribution < -0.4 is 9.88 Å². The predicted molar refractivity (Wildman–Crippen MR) is 77.5 cm³/mol. The van der Waals surface area contributed by atoms with Crippen LogP contribution in [0.3, 0.4) is 0 Å². The normalized spacial score (nSPS) is 25.5. The zero-order valence-corrected chi connectivity index (χ0v) is 13.2. The van der Waals surface area contributed by atoms with Gasteiger partial charge in [-0.25, -0.2) is 22.9 Å². The fourth-order valence-electron chi connectivity index (χ4n) is 2.28. The SMILES string of the molecule is N#CC1CCC(F)(COc2ncc(S(N)(=O)=O)cc2Cl)CC1. The molecule has 1 fully saturated rings. The summed E-state index contributed by atoms with van der Waals surface area (Å²) in [6.07, 6.45) is 2.45. The third-order valence-corrected chi connectivity index (χ3v) is 4.79. The van der Waals surface area contributed by atoms with Crippen LogP contribution in [0.5, 0.6) is 5.88 Å². The van der Waals surface area contributed by atoms with Crippen molar-refractivity contribution in [3.8, 4) is 11.9 Å². The Hall–Kier alpha value is -1.43. The number of pyridine rings is 1. The van der Waals surface area contributed by atoms with E-state index in [0.29, 0.717) is 12.8 Å². The summed E-state index contributed by atoms with van der Waals surface area (Å²) >= 11 is 5.87. The molecule has 0 amide bonds. The lowest BCUT2D eigenvalue weighted by molar-refractivity contribution is 0.0377. The van der Waals surface area contributed by atoms with Crippen molar-refractivity contribution in [1.29, 1.82) is 5.26 Å². The number of ether oxygens (including phenoxy) is 1. The molecular weight excluding hydrogens is 333 g/mol. The van der Waals surface area contributed by atoms with E-state index in [9.17, 15) is 12.8 Å². The third kappa shape index (κ3) is 4.06. The summed E-state index contributed by atoms with van der Waals surface area (Å²) in [5.74, 6) is -0.159. The molecule has 0 bridgehead atoms.